The first-order chi connectivity index (χ1) is 13.5. The molecule has 160 valence electrons. The number of halogens is 4. The third-order valence-corrected chi connectivity index (χ3v) is 4.48. The molecule has 3 rings (SSSR count). The van der Waals surface area contributed by atoms with Crippen molar-refractivity contribution in [1.82, 2.24) is 24.6 Å². The fourth-order valence-corrected chi connectivity index (χ4v) is 3.21. The molecule has 3 heterocycles. The molecule has 0 unspecified atom stereocenters. The summed E-state index contributed by atoms with van der Waals surface area (Å²) in [5, 5.41) is 11.4. The number of carboxylic acid groups (broad SMARTS) is 1. The highest BCUT2D eigenvalue weighted by Crippen LogP contribution is 2.27. The standard InChI is InChI=1S/C15H21FN6.C2HF3O2/c1-20(2)13-4-5-22(15-17-8-12(16)9-18-15)14(13)6-11-7-19-21(3)10-11;3-2(4,5)1(6)7/h7-10,13-14H,4-6H2,1-3H3;(H,6,7)/t13-,14+;/m1./s1. The Bertz CT molecular complexity index is 809. The maximum Gasteiger partial charge on any atom is 0.490 e. The van der Waals surface area contributed by atoms with Crippen LogP contribution in [-0.2, 0) is 18.3 Å². The van der Waals surface area contributed by atoms with Crippen molar-refractivity contribution < 1.29 is 27.5 Å². The van der Waals surface area contributed by atoms with Gasteiger partial charge < -0.3 is 14.9 Å². The summed E-state index contributed by atoms with van der Waals surface area (Å²) in [4.78, 5) is 21.6. The number of carboxylic acids is 1. The molecule has 2 atom stereocenters. The van der Waals surface area contributed by atoms with Crippen LogP contribution in [0.1, 0.15) is 12.0 Å². The van der Waals surface area contributed by atoms with Gasteiger partial charge >= 0.3 is 12.1 Å². The van der Waals surface area contributed by atoms with Gasteiger partial charge in [0.05, 0.1) is 24.6 Å². The van der Waals surface area contributed by atoms with E-state index in [9.17, 15) is 17.6 Å². The van der Waals surface area contributed by atoms with Crippen molar-refractivity contribution in [3.63, 3.8) is 0 Å². The Morgan fingerprint density at radius 1 is 1.28 bits per heavy atom. The van der Waals surface area contributed by atoms with Crippen molar-refractivity contribution in [1.29, 1.82) is 0 Å². The summed E-state index contributed by atoms with van der Waals surface area (Å²) in [5.74, 6) is -2.57. The number of aryl methyl sites for hydroxylation is 1. The van der Waals surface area contributed by atoms with Crippen LogP contribution in [0.15, 0.2) is 24.8 Å². The minimum absolute atomic E-state index is 0.254. The van der Waals surface area contributed by atoms with E-state index < -0.39 is 18.0 Å². The highest BCUT2D eigenvalue weighted by molar-refractivity contribution is 5.73. The molecule has 8 nitrogen and oxygen atoms in total. The third kappa shape index (κ3) is 6.11. The van der Waals surface area contributed by atoms with Gasteiger partial charge in [0.2, 0.25) is 5.95 Å². The predicted octanol–water partition coefficient (Wildman–Crippen LogP) is 1.73. The number of aromatic nitrogens is 4. The molecule has 0 bridgehead atoms. The van der Waals surface area contributed by atoms with E-state index >= 15 is 0 Å². The summed E-state index contributed by atoms with van der Waals surface area (Å²) < 4.78 is 46.6. The average molecular weight is 418 g/mol. The Kier molecular flexibility index (Phi) is 7.11. The highest BCUT2D eigenvalue weighted by atomic mass is 19.4. The quantitative estimate of drug-likeness (QED) is 0.757. The fraction of sp³-hybridized carbons (Fsp3) is 0.529. The van der Waals surface area contributed by atoms with Gasteiger partial charge in [-0.15, -0.1) is 0 Å². The zero-order valence-corrected chi connectivity index (χ0v) is 16.1. The highest BCUT2D eigenvalue weighted by Gasteiger charge is 2.38. The molecule has 0 radical (unpaired) electrons. The zero-order valence-electron chi connectivity index (χ0n) is 16.1. The molecule has 1 saturated heterocycles. The molecule has 2 aromatic heterocycles. The second-order valence-electron chi connectivity index (χ2n) is 6.81. The Morgan fingerprint density at radius 2 is 1.86 bits per heavy atom. The number of hydrogen-bond acceptors (Lipinski definition) is 6. The zero-order chi connectivity index (χ0) is 21.8. The van der Waals surface area contributed by atoms with Gasteiger partial charge in [-0.1, -0.05) is 0 Å². The second-order valence-corrected chi connectivity index (χ2v) is 6.81. The molecule has 1 aliphatic rings. The van der Waals surface area contributed by atoms with Crippen molar-refractivity contribution in [2.24, 2.45) is 7.05 Å². The molecule has 0 saturated carbocycles. The second kappa shape index (κ2) is 9.16. The summed E-state index contributed by atoms with van der Waals surface area (Å²) in [5.41, 5.74) is 1.19. The van der Waals surface area contributed by atoms with Crippen LogP contribution in [0.5, 0.6) is 0 Å². The summed E-state index contributed by atoms with van der Waals surface area (Å²) in [6.07, 6.45) is 3.22. The molecule has 12 heteroatoms. The largest absolute Gasteiger partial charge is 0.490 e. The van der Waals surface area contributed by atoms with Crippen LogP contribution in [-0.4, -0.2) is 74.6 Å². The normalized spacial score (nSPS) is 19.2. The van der Waals surface area contributed by atoms with Crippen LogP contribution in [0.2, 0.25) is 0 Å². The summed E-state index contributed by atoms with van der Waals surface area (Å²) >= 11 is 0. The number of aliphatic carboxylic acids is 1. The molecular formula is C17H22F4N6O2. The molecule has 0 spiro atoms. The van der Waals surface area contributed by atoms with Crippen molar-refractivity contribution >= 4 is 11.9 Å². The Morgan fingerprint density at radius 3 is 2.31 bits per heavy atom. The molecule has 0 amide bonds. The minimum atomic E-state index is -5.08. The predicted molar refractivity (Wildman–Crippen MR) is 95.8 cm³/mol. The Hall–Kier alpha value is -2.76. The number of nitrogens with zero attached hydrogens (tertiary/aromatic N) is 6. The van der Waals surface area contributed by atoms with Gasteiger partial charge in [0, 0.05) is 25.8 Å². The lowest BCUT2D eigenvalue weighted by Crippen LogP contribution is -2.44. The lowest BCUT2D eigenvalue weighted by atomic mass is 10.0. The third-order valence-electron chi connectivity index (χ3n) is 4.48. The van der Waals surface area contributed by atoms with Gasteiger partial charge in [-0.3, -0.25) is 4.68 Å². The number of carbonyl (C=O) groups is 1. The monoisotopic (exact) mass is 418 g/mol. The van der Waals surface area contributed by atoms with E-state index in [0.29, 0.717) is 12.0 Å². The molecule has 0 aliphatic carbocycles. The Labute approximate surface area is 164 Å². The topological polar surface area (TPSA) is 87.4 Å². The van der Waals surface area contributed by atoms with Gasteiger partial charge in [-0.05, 0) is 32.5 Å². The molecular weight excluding hydrogens is 396 g/mol. The number of alkyl halides is 3. The van der Waals surface area contributed by atoms with Gasteiger partial charge in [-0.2, -0.15) is 18.3 Å². The van der Waals surface area contributed by atoms with E-state index in [4.69, 9.17) is 9.90 Å². The van der Waals surface area contributed by atoms with Crippen molar-refractivity contribution in [3.05, 3.63) is 36.2 Å². The maximum atomic E-state index is 13.1. The average Bonchev–Trinajstić information content (AvgIpc) is 3.22. The molecule has 1 N–H and O–H groups in total. The first kappa shape index (κ1) is 22.5. The van der Waals surface area contributed by atoms with Crippen molar-refractivity contribution in [2.75, 3.05) is 25.5 Å². The van der Waals surface area contributed by atoms with E-state index in [1.807, 2.05) is 24.1 Å². The smallest absolute Gasteiger partial charge is 0.475 e. The summed E-state index contributed by atoms with van der Waals surface area (Å²) in [6, 6.07) is 0.665. The van der Waals surface area contributed by atoms with E-state index in [-0.39, 0.29) is 6.04 Å². The van der Waals surface area contributed by atoms with Gasteiger partial charge in [0.1, 0.15) is 0 Å². The molecule has 2 aromatic rings. The van der Waals surface area contributed by atoms with Crippen molar-refractivity contribution in [2.45, 2.75) is 31.1 Å². The summed E-state index contributed by atoms with van der Waals surface area (Å²) in [7, 11) is 6.11. The number of rotatable bonds is 4. The number of anilines is 1. The molecule has 1 fully saturated rings. The lowest BCUT2D eigenvalue weighted by molar-refractivity contribution is -0.192. The van der Waals surface area contributed by atoms with Crippen molar-refractivity contribution in [3.8, 4) is 0 Å². The SMILES string of the molecule is CN(C)[C@@H]1CCN(c2ncc(F)cn2)[C@H]1Cc1cnn(C)c1.O=C(O)C(F)(F)F. The first-order valence-electron chi connectivity index (χ1n) is 8.67. The molecule has 0 aromatic carbocycles. The van der Waals surface area contributed by atoms with Gasteiger partial charge in [-0.25, -0.2) is 19.2 Å². The van der Waals surface area contributed by atoms with Crippen LogP contribution in [0.4, 0.5) is 23.5 Å². The maximum absolute atomic E-state index is 13.1. The molecule has 1 aliphatic heterocycles. The number of likely N-dealkylation sites (N-methyl/N-ethyl adjacent to an activating group) is 1. The Balaban J connectivity index is 0.000000370. The van der Waals surface area contributed by atoms with Crippen LogP contribution in [0.3, 0.4) is 0 Å². The van der Waals surface area contributed by atoms with Gasteiger partial charge in [0.25, 0.3) is 0 Å². The minimum Gasteiger partial charge on any atom is -0.475 e. The van der Waals surface area contributed by atoms with E-state index in [1.54, 1.807) is 0 Å². The molecule has 29 heavy (non-hydrogen) atoms. The van der Waals surface area contributed by atoms with Crippen LogP contribution < -0.4 is 4.90 Å². The van der Waals surface area contributed by atoms with Crippen LogP contribution in [0, 0.1) is 5.82 Å². The van der Waals surface area contributed by atoms with E-state index in [2.05, 4.69) is 39.0 Å². The fourth-order valence-electron chi connectivity index (χ4n) is 3.21. The van der Waals surface area contributed by atoms with Crippen LogP contribution in [0.25, 0.3) is 0 Å². The lowest BCUT2D eigenvalue weighted by Gasteiger charge is -2.31. The first-order valence-corrected chi connectivity index (χ1v) is 8.67. The van der Waals surface area contributed by atoms with E-state index in [1.165, 1.54) is 18.0 Å². The van der Waals surface area contributed by atoms with Crippen LogP contribution >= 0.6 is 0 Å². The van der Waals surface area contributed by atoms with Gasteiger partial charge in [0.15, 0.2) is 5.82 Å². The number of hydrogen-bond donors (Lipinski definition) is 1. The summed E-state index contributed by atoms with van der Waals surface area (Å²) in [6.45, 7) is 0.874. The van der Waals surface area contributed by atoms with E-state index in [0.717, 1.165) is 19.4 Å².